The molecule has 1 aliphatic rings. The van der Waals surface area contributed by atoms with E-state index >= 15 is 0 Å². The first-order valence-electron chi connectivity index (χ1n) is 10.2. The lowest BCUT2D eigenvalue weighted by Gasteiger charge is -2.25. The molecule has 0 aliphatic carbocycles. The molecule has 0 radical (unpaired) electrons. The van der Waals surface area contributed by atoms with Crippen molar-refractivity contribution < 1.29 is 14.2 Å². The number of H-pyrrole nitrogens is 1. The largest absolute Gasteiger partial charge is 0.497 e. The second kappa shape index (κ2) is 8.37. The molecule has 5 rings (SSSR count). The first kappa shape index (κ1) is 19.5. The van der Waals surface area contributed by atoms with Crippen LogP contribution in [0.3, 0.4) is 0 Å². The maximum Gasteiger partial charge on any atom is 0.148 e. The summed E-state index contributed by atoms with van der Waals surface area (Å²) < 4.78 is 17.9. The van der Waals surface area contributed by atoms with Crippen LogP contribution < -0.4 is 9.47 Å². The summed E-state index contributed by atoms with van der Waals surface area (Å²) >= 11 is 0. The van der Waals surface area contributed by atoms with E-state index in [-0.39, 0.29) is 0 Å². The SMILES string of the molecule is COc1ccc(-n2cc(-c3cnc4[nH]c(CN5CCOCC5)cc4c3)nn2)c(OC)c1. The molecule has 4 heterocycles. The number of fused-ring (bicyclic) bond motifs is 1. The van der Waals surface area contributed by atoms with Crippen LogP contribution in [-0.4, -0.2) is 70.4 Å². The van der Waals surface area contributed by atoms with Crippen molar-refractivity contribution in [2.75, 3.05) is 40.5 Å². The van der Waals surface area contributed by atoms with Gasteiger partial charge in [0.15, 0.2) is 0 Å². The first-order chi connectivity index (χ1) is 15.2. The van der Waals surface area contributed by atoms with Crippen molar-refractivity contribution >= 4 is 11.0 Å². The average molecular weight is 420 g/mol. The van der Waals surface area contributed by atoms with Gasteiger partial charge in [-0.3, -0.25) is 4.90 Å². The van der Waals surface area contributed by atoms with Crippen LogP contribution in [0.2, 0.25) is 0 Å². The number of ether oxygens (including phenoxy) is 3. The number of aromatic amines is 1. The van der Waals surface area contributed by atoms with Gasteiger partial charge in [-0.2, -0.15) is 0 Å². The second-order valence-electron chi connectivity index (χ2n) is 7.43. The normalized spacial score (nSPS) is 14.8. The maximum atomic E-state index is 5.48. The van der Waals surface area contributed by atoms with Crippen molar-refractivity contribution in [1.82, 2.24) is 29.9 Å². The van der Waals surface area contributed by atoms with E-state index in [4.69, 9.17) is 14.2 Å². The minimum absolute atomic E-state index is 0.655. The monoisotopic (exact) mass is 420 g/mol. The first-order valence-corrected chi connectivity index (χ1v) is 10.2. The van der Waals surface area contributed by atoms with Gasteiger partial charge in [0.25, 0.3) is 0 Å². The summed E-state index contributed by atoms with van der Waals surface area (Å²) in [6.07, 6.45) is 3.69. The Morgan fingerprint density at radius 1 is 1.10 bits per heavy atom. The van der Waals surface area contributed by atoms with E-state index in [9.17, 15) is 0 Å². The number of benzene rings is 1. The number of nitrogens with zero attached hydrogens (tertiary/aromatic N) is 5. The van der Waals surface area contributed by atoms with E-state index in [0.29, 0.717) is 5.75 Å². The Labute approximate surface area is 179 Å². The zero-order chi connectivity index (χ0) is 21.2. The molecule has 160 valence electrons. The summed E-state index contributed by atoms with van der Waals surface area (Å²) in [6, 6.07) is 9.81. The lowest BCUT2D eigenvalue weighted by molar-refractivity contribution is 0.0337. The Balaban J connectivity index is 1.40. The quantitative estimate of drug-likeness (QED) is 0.513. The second-order valence-corrected chi connectivity index (χ2v) is 7.43. The van der Waals surface area contributed by atoms with Crippen molar-refractivity contribution in [3.63, 3.8) is 0 Å². The molecular formula is C22H24N6O3. The number of methoxy groups -OCH3 is 2. The van der Waals surface area contributed by atoms with E-state index in [2.05, 4.69) is 37.3 Å². The van der Waals surface area contributed by atoms with Gasteiger partial charge in [-0.15, -0.1) is 5.10 Å². The lowest BCUT2D eigenvalue weighted by atomic mass is 10.2. The van der Waals surface area contributed by atoms with Crippen LogP contribution in [0.15, 0.2) is 42.7 Å². The molecule has 0 saturated carbocycles. The predicted molar refractivity (Wildman–Crippen MR) is 116 cm³/mol. The Bertz CT molecular complexity index is 1200. The van der Waals surface area contributed by atoms with Crippen molar-refractivity contribution in [1.29, 1.82) is 0 Å². The summed E-state index contributed by atoms with van der Waals surface area (Å²) in [4.78, 5) is 10.4. The number of aromatic nitrogens is 5. The summed E-state index contributed by atoms with van der Waals surface area (Å²) in [5, 5.41) is 9.68. The average Bonchev–Trinajstić information content (AvgIpc) is 3.45. The molecule has 9 nitrogen and oxygen atoms in total. The highest BCUT2D eigenvalue weighted by atomic mass is 16.5. The molecule has 0 unspecified atom stereocenters. The molecule has 0 amide bonds. The van der Waals surface area contributed by atoms with Gasteiger partial charge in [-0.1, -0.05) is 5.21 Å². The Hall–Kier alpha value is -3.43. The van der Waals surface area contributed by atoms with E-state index < -0.39 is 0 Å². The van der Waals surface area contributed by atoms with Gasteiger partial charge in [0.05, 0.1) is 33.6 Å². The van der Waals surface area contributed by atoms with Crippen molar-refractivity contribution in [3.8, 4) is 28.4 Å². The van der Waals surface area contributed by atoms with Crippen molar-refractivity contribution in [2.45, 2.75) is 6.54 Å². The molecular weight excluding hydrogens is 396 g/mol. The van der Waals surface area contributed by atoms with E-state index in [1.54, 1.807) is 18.9 Å². The number of morpholine rings is 1. The van der Waals surface area contributed by atoms with Gasteiger partial charge in [-0.25, -0.2) is 9.67 Å². The molecule has 1 fully saturated rings. The summed E-state index contributed by atoms with van der Waals surface area (Å²) in [5.74, 6) is 1.37. The number of hydrogen-bond donors (Lipinski definition) is 1. The highest BCUT2D eigenvalue weighted by Crippen LogP contribution is 2.29. The molecule has 0 atom stereocenters. The fraction of sp³-hybridized carbons (Fsp3) is 0.318. The minimum Gasteiger partial charge on any atom is -0.497 e. The van der Waals surface area contributed by atoms with Gasteiger partial charge in [-0.05, 0) is 24.3 Å². The lowest BCUT2D eigenvalue weighted by Crippen LogP contribution is -2.35. The maximum absolute atomic E-state index is 5.48. The molecule has 9 heteroatoms. The molecule has 1 aliphatic heterocycles. The number of hydrogen-bond acceptors (Lipinski definition) is 7. The van der Waals surface area contributed by atoms with Crippen LogP contribution in [0.4, 0.5) is 0 Å². The minimum atomic E-state index is 0.655. The Kier molecular flexibility index (Phi) is 5.27. The topological polar surface area (TPSA) is 90.3 Å². The summed E-state index contributed by atoms with van der Waals surface area (Å²) in [7, 11) is 3.24. The number of rotatable bonds is 6. The standard InChI is InChI=1S/C22H24N6O3/c1-29-18-3-4-20(21(11-18)30-2)28-14-19(25-26-28)16-9-15-10-17(24-22(15)23-12-16)13-27-5-7-31-8-6-27/h3-4,9-12,14H,5-8,13H2,1-2H3,(H,23,24). The number of nitrogens with one attached hydrogen (secondary N) is 1. The third-order valence-electron chi connectivity index (χ3n) is 5.45. The molecule has 4 aromatic rings. The fourth-order valence-electron chi connectivity index (χ4n) is 3.79. The van der Waals surface area contributed by atoms with E-state index in [1.165, 1.54) is 0 Å². The van der Waals surface area contributed by atoms with Crippen LogP contribution in [0, 0.1) is 0 Å². The molecule has 1 N–H and O–H groups in total. The molecule has 3 aromatic heterocycles. The number of pyridine rings is 1. The highest BCUT2D eigenvalue weighted by Gasteiger charge is 2.14. The van der Waals surface area contributed by atoms with Gasteiger partial charge >= 0.3 is 0 Å². The van der Waals surface area contributed by atoms with Gasteiger partial charge < -0.3 is 19.2 Å². The van der Waals surface area contributed by atoms with Crippen LogP contribution in [0.5, 0.6) is 11.5 Å². The van der Waals surface area contributed by atoms with Crippen LogP contribution >= 0.6 is 0 Å². The third kappa shape index (κ3) is 3.97. The fourth-order valence-corrected chi connectivity index (χ4v) is 3.79. The van der Waals surface area contributed by atoms with Crippen LogP contribution in [-0.2, 0) is 11.3 Å². The van der Waals surface area contributed by atoms with E-state index in [0.717, 1.165) is 72.3 Å². The van der Waals surface area contributed by atoms with Crippen LogP contribution in [0.1, 0.15) is 5.69 Å². The van der Waals surface area contributed by atoms with Crippen LogP contribution in [0.25, 0.3) is 28.0 Å². The van der Waals surface area contributed by atoms with Gasteiger partial charge in [0.1, 0.15) is 28.5 Å². The smallest absolute Gasteiger partial charge is 0.148 e. The van der Waals surface area contributed by atoms with Gasteiger partial charge in [0.2, 0.25) is 0 Å². The molecule has 1 aromatic carbocycles. The third-order valence-corrected chi connectivity index (χ3v) is 5.45. The summed E-state index contributed by atoms with van der Waals surface area (Å²) in [6.45, 7) is 4.34. The van der Waals surface area contributed by atoms with Crippen molar-refractivity contribution in [2.24, 2.45) is 0 Å². The Morgan fingerprint density at radius 3 is 2.77 bits per heavy atom. The summed E-state index contributed by atoms with van der Waals surface area (Å²) in [5.41, 5.74) is 4.45. The zero-order valence-corrected chi connectivity index (χ0v) is 17.5. The predicted octanol–water partition coefficient (Wildman–Crippen LogP) is 2.66. The zero-order valence-electron chi connectivity index (χ0n) is 17.5. The van der Waals surface area contributed by atoms with Gasteiger partial charge in [0, 0.05) is 48.5 Å². The Morgan fingerprint density at radius 2 is 1.97 bits per heavy atom. The molecule has 0 bridgehead atoms. The van der Waals surface area contributed by atoms with E-state index in [1.807, 2.05) is 30.6 Å². The highest BCUT2D eigenvalue weighted by molar-refractivity contribution is 5.81. The molecule has 1 saturated heterocycles. The molecule has 31 heavy (non-hydrogen) atoms. The molecule has 0 spiro atoms. The van der Waals surface area contributed by atoms with Crippen molar-refractivity contribution in [3.05, 3.63) is 48.4 Å².